The SMILES string of the molecule is OC(c1ccccc1)c1ccc2c(c1)CCCC2. The van der Waals surface area contributed by atoms with Crippen molar-refractivity contribution in [2.24, 2.45) is 0 Å². The molecule has 0 fully saturated rings. The maximum atomic E-state index is 10.4. The van der Waals surface area contributed by atoms with Crippen molar-refractivity contribution < 1.29 is 5.11 Å². The lowest BCUT2D eigenvalue weighted by Crippen LogP contribution is -2.06. The van der Waals surface area contributed by atoms with Gasteiger partial charge in [-0.3, -0.25) is 0 Å². The summed E-state index contributed by atoms with van der Waals surface area (Å²) in [4.78, 5) is 0. The molecule has 2 aromatic carbocycles. The van der Waals surface area contributed by atoms with Crippen LogP contribution in [0.3, 0.4) is 0 Å². The predicted molar refractivity (Wildman–Crippen MR) is 73.6 cm³/mol. The first kappa shape index (κ1) is 11.5. The zero-order chi connectivity index (χ0) is 12.4. The van der Waals surface area contributed by atoms with Crippen LogP contribution in [0.1, 0.15) is 41.2 Å². The molecule has 2 aromatic rings. The van der Waals surface area contributed by atoms with Gasteiger partial charge in [-0.2, -0.15) is 0 Å². The Labute approximate surface area is 108 Å². The summed E-state index contributed by atoms with van der Waals surface area (Å²) < 4.78 is 0. The highest BCUT2D eigenvalue weighted by Gasteiger charge is 2.14. The molecule has 1 unspecified atom stereocenters. The zero-order valence-electron chi connectivity index (χ0n) is 10.5. The van der Waals surface area contributed by atoms with Crippen LogP contribution < -0.4 is 0 Å². The fourth-order valence-electron chi connectivity index (χ4n) is 2.75. The van der Waals surface area contributed by atoms with E-state index in [2.05, 4.69) is 18.2 Å². The lowest BCUT2D eigenvalue weighted by Gasteiger charge is -2.19. The van der Waals surface area contributed by atoms with E-state index in [1.165, 1.54) is 30.4 Å². The topological polar surface area (TPSA) is 20.2 Å². The number of hydrogen-bond donors (Lipinski definition) is 1. The summed E-state index contributed by atoms with van der Waals surface area (Å²) in [5, 5.41) is 10.4. The first-order valence-electron chi connectivity index (χ1n) is 6.69. The molecule has 1 nitrogen and oxygen atoms in total. The van der Waals surface area contributed by atoms with Crippen LogP contribution in [0.5, 0.6) is 0 Å². The van der Waals surface area contributed by atoms with Gasteiger partial charge >= 0.3 is 0 Å². The highest BCUT2D eigenvalue weighted by atomic mass is 16.3. The number of rotatable bonds is 2. The average Bonchev–Trinajstić information content (AvgIpc) is 2.47. The van der Waals surface area contributed by atoms with Crippen LogP contribution in [-0.2, 0) is 12.8 Å². The van der Waals surface area contributed by atoms with Crippen molar-refractivity contribution in [3.8, 4) is 0 Å². The van der Waals surface area contributed by atoms with Crippen LogP contribution in [0.2, 0.25) is 0 Å². The molecule has 18 heavy (non-hydrogen) atoms. The van der Waals surface area contributed by atoms with Crippen LogP contribution in [0.15, 0.2) is 48.5 Å². The summed E-state index contributed by atoms with van der Waals surface area (Å²) in [6.45, 7) is 0. The minimum atomic E-state index is -0.501. The smallest absolute Gasteiger partial charge is 0.104 e. The number of fused-ring (bicyclic) bond motifs is 1. The standard InChI is InChI=1S/C17H18O/c18-17(14-7-2-1-3-8-14)16-11-10-13-6-4-5-9-15(13)12-16/h1-3,7-8,10-12,17-18H,4-6,9H2. The van der Waals surface area contributed by atoms with E-state index in [9.17, 15) is 5.11 Å². The number of aliphatic hydroxyl groups is 1. The highest BCUT2D eigenvalue weighted by Crippen LogP contribution is 2.27. The molecule has 0 heterocycles. The summed E-state index contributed by atoms with van der Waals surface area (Å²) in [5.74, 6) is 0. The monoisotopic (exact) mass is 238 g/mol. The molecule has 1 atom stereocenters. The van der Waals surface area contributed by atoms with E-state index in [0.29, 0.717) is 0 Å². The molecule has 92 valence electrons. The van der Waals surface area contributed by atoms with Gasteiger partial charge in [-0.05, 0) is 47.9 Å². The third kappa shape index (κ3) is 2.19. The third-order valence-corrected chi connectivity index (χ3v) is 3.80. The molecule has 0 aliphatic heterocycles. The molecule has 1 aliphatic rings. The van der Waals surface area contributed by atoms with Crippen molar-refractivity contribution in [1.29, 1.82) is 0 Å². The molecule has 0 spiro atoms. The van der Waals surface area contributed by atoms with Gasteiger partial charge < -0.3 is 5.11 Å². The summed E-state index contributed by atoms with van der Waals surface area (Å²) in [5.41, 5.74) is 4.87. The van der Waals surface area contributed by atoms with Gasteiger partial charge in [0, 0.05) is 0 Å². The molecular formula is C17H18O. The summed E-state index contributed by atoms with van der Waals surface area (Å²) >= 11 is 0. The van der Waals surface area contributed by atoms with Gasteiger partial charge in [0.1, 0.15) is 6.10 Å². The van der Waals surface area contributed by atoms with E-state index in [1.807, 2.05) is 30.3 Å². The second-order valence-electron chi connectivity index (χ2n) is 5.05. The molecule has 3 rings (SSSR count). The van der Waals surface area contributed by atoms with Crippen molar-refractivity contribution in [3.05, 3.63) is 70.8 Å². The maximum absolute atomic E-state index is 10.4. The molecule has 0 aromatic heterocycles. The molecule has 1 N–H and O–H groups in total. The Kier molecular flexibility index (Phi) is 3.16. The summed E-state index contributed by atoms with van der Waals surface area (Å²) in [7, 11) is 0. The van der Waals surface area contributed by atoms with Gasteiger partial charge in [0.05, 0.1) is 0 Å². The van der Waals surface area contributed by atoms with Crippen LogP contribution in [0.4, 0.5) is 0 Å². The maximum Gasteiger partial charge on any atom is 0.104 e. The van der Waals surface area contributed by atoms with Gasteiger partial charge in [-0.15, -0.1) is 0 Å². The van der Waals surface area contributed by atoms with Gasteiger partial charge in [-0.25, -0.2) is 0 Å². The van der Waals surface area contributed by atoms with Gasteiger partial charge in [-0.1, -0.05) is 48.5 Å². The van der Waals surface area contributed by atoms with Crippen molar-refractivity contribution in [1.82, 2.24) is 0 Å². The van der Waals surface area contributed by atoms with E-state index in [0.717, 1.165) is 17.5 Å². The Bertz CT molecular complexity index is 531. The van der Waals surface area contributed by atoms with Crippen LogP contribution in [0.25, 0.3) is 0 Å². The third-order valence-electron chi connectivity index (χ3n) is 3.80. The Morgan fingerprint density at radius 2 is 1.50 bits per heavy atom. The van der Waals surface area contributed by atoms with E-state index in [-0.39, 0.29) is 0 Å². The fourth-order valence-corrected chi connectivity index (χ4v) is 2.75. The predicted octanol–water partition coefficient (Wildman–Crippen LogP) is 3.65. The number of benzene rings is 2. The number of aliphatic hydroxyl groups excluding tert-OH is 1. The van der Waals surface area contributed by atoms with Crippen molar-refractivity contribution in [2.45, 2.75) is 31.8 Å². The van der Waals surface area contributed by atoms with E-state index in [1.54, 1.807) is 0 Å². The number of aryl methyl sites for hydroxylation is 2. The Morgan fingerprint density at radius 1 is 0.778 bits per heavy atom. The molecule has 0 amide bonds. The van der Waals surface area contributed by atoms with E-state index < -0.39 is 6.10 Å². The summed E-state index contributed by atoms with van der Waals surface area (Å²) in [6, 6.07) is 16.3. The Balaban J connectivity index is 1.93. The normalized spacial score (nSPS) is 16.1. The molecule has 0 bridgehead atoms. The lowest BCUT2D eigenvalue weighted by atomic mass is 9.88. The van der Waals surface area contributed by atoms with Crippen molar-refractivity contribution >= 4 is 0 Å². The lowest BCUT2D eigenvalue weighted by molar-refractivity contribution is 0.220. The quantitative estimate of drug-likeness (QED) is 0.846. The van der Waals surface area contributed by atoms with Crippen LogP contribution in [0, 0.1) is 0 Å². The van der Waals surface area contributed by atoms with E-state index >= 15 is 0 Å². The van der Waals surface area contributed by atoms with Crippen LogP contribution in [-0.4, -0.2) is 5.11 Å². The molecule has 0 saturated carbocycles. The first-order valence-corrected chi connectivity index (χ1v) is 6.69. The number of hydrogen-bond acceptors (Lipinski definition) is 1. The van der Waals surface area contributed by atoms with Crippen molar-refractivity contribution in [3.63, 3.8) is 0 Å². The molecule has 0 radical (unpaired) electrons. The first-order chi connectivity index (χ1) is 8.84. The van der Waals surface area contributed by atoms with Gasteiger partial charge in [0.15, 0.2) is 0 Å². The molecule has 1 aliphatic carbocycles. The zero-order valence-corrected chi connectivity index (χ0v) is 10.5. The molecule has 1 heteroatoms. The highest BCUT2D eigenvalue weighted by molar-refractivity contribution is 5.38. The average molecular weight is 238 g/mol. The second-order valence-corrected chi connectivity index (χ2v) is 5.05. The minimum absolute atomic E-state index is 0.501. The largest absolute Gasteiger partial charge is 0.384 e. The van der Waals surface area contributed by atoms with E-state index in [4.69, 9.17) is 0 Å². The van der Waals surface area contributed by atoms with Gasteiger partial charge in [0.25, 0.3) is 0 Å². The summed E-state index contributed by atoms with van der Waals surface area (Å²) in [6.07, 6.45) is 4.42. The Morgan fingerprint density at radius 3 is 2.28 bits per heavy atom. The minimum Gasteiger partial charge on any atom is -0.384 e. The fraction of sp³-hybridized carbons (Fsp3) is 0.294. The Hall–Kier alpha value is -1.60. The second kappa shape index (κ2) is 4.95. The van der Waals surface area contributed by atoms with Crippen LogP contribution >= 0.6 is 0 Å². The van der Waals surface area contributed by atoms with Crippen molar-refractivity contribution in [2.75, 3.05) is 0 Å². The molecule has 0 saturated heterocycles. The van der Waals surface area contributed by atoms with Gasteiger partial charge in [0.2, 0.25) is 0 Å². The molecular weight excluding hydrogens is 220 g/mol.